The van der Waals surface area contributed by atoms with Crippen molar-refractivity contribution in [3.05, 3.63) is 35.9 Å². The molecule has 0 unspecified atom stereocenters. The number of rotatable bonds is 3. The van der Waals surface area contributed by atoms with Crippen LogP contribution in [0.25, 0.3) is 0 Å². The van der Waals surface area contributed by atoms with E-state index in [4.69, 9.17) is 0 Å². The number of nitrogens with zero attached hydrogens (tertiary/aromatic N) is 1. The van der Waals surface area contributed by atoms with Crippen LogP contribution in [0, 0.1) is 0 Å². The topological polar surface area (TPSA) is 64.6 Å². The van der Waals surface area contributed by atoms with Gasteiger partial charge in [0.2, 0.25) is 0 Å². The Morgan fingerprint density at radius 2 is 2.17 bits per heavy atom. The molecule has 0 aliphatic carbocycles. The third-order valence-corrected chi connectivity index (χ3v) is 3.26. The van der Waals surface area contributed by atoms with Gasteiger partial charge in [-0.15, -0.1) is 0 Å². The Morgan fingerprint density at radius 1 is 1.44 bits per heavy atom. The zero-order valence-electron chi connectivity index (χ0n) is 10.5. The third-order valence-electron chi connectivity index (χ3n) is 3.26. The largest absolute Gasteiger partial charge is 0.390 e. The number of urea groups is 1. The number of likely N-dealkylation sites (N-methyl/N-ethyl adjacent to an activating group) is 1. The van der Waals surface area contributed by atoms with E-state index in [-0.39, 0.29) is 12.1 Å². The molecule has 1 aliphatic rings. The zero-order chi connectivity index (χ0) is 13.0. The lowest BCUT2D eigenvalue weighted by molar-refractivity contribution is 0.110. The number of nitrogens with one attached hydrogen (secondary N) is 2. The highest BCUT2D eigenvalue weighted by Gasteiger charge is 2.30. The first-order valence-corrected chi connectivity index (χ1v) is 6.12. The number of benzene rings is 1. The van der Waals surface area contributed by atoms with Gasteiger partial charge in [-0.05, 0) is 5.56 Å². The van der Waals surface area contributed by atoms with Crippen LogP contribution in [-0.4, -0.2) is 48.3 Å². The van der Waals surface area contributed by atoms with Crippen LogP contribution in [0.3, 0.4) is 0 Å². The molecule has 1 fully saturated rings. The fourth-order valence-electron chi connectivity index (χ4n) is 2.10. The summed E-state index contributed by atoms with van der Waals surface area (Å²) in [5.41, 5.74) is 1.06. The monoisotopic (exact) mass is 249 g/mol. The van der Waals surface area contributed by atoms with Crippen molar-refractivity contribution in [2.75, 3.05) is 20.1 Å². The molecule has 1 aromatic rings. The van der Waals surface area contributed by atoms with Crippen molar-refractivity contribution < 1.29 is 9.90 Å². The highest BCUT2D eigenvalue weighted by molar-refractivity contribution is 5.74. The van der Waals surface area contributed by atoms with E-state index in [0.717, 1.165) is 5.56 Å². The number of carbonyl (C=O) groups is 1. The molecule has 0 spiro atoms. The van der Waals surface area contributed by atoms with Crippen molar-refractivity contribution in [2.24, 2.45) is 0 Å². The van der Waals surface area contributed by atoms with Gasteiger partial charge in [-0.1, -0.05) is 30.3 Å². The van der Waals surface area contributed by atoms with Crippen LogP contribution in [0.4, 0.5) is 4.79 Å². The molecule has 5 heteroatoms. The lowest BCUT2D eigenvalue weighted by Gasteiger charge is -2.26. The molecular weight excluding hydrogens is 230 g/mol. The van der Waals surface area contributed by atoms with Crippen LogP contribution in [0.5, 0.6) is 0 Å². The summed E-state index contributed by atoms with van der Waals surface area (Å²) >= 11 is 0. The van der Waals surface area contributed by atoms with Crippen molar-refractivity contribution in [1.82, 2.24) is 15.5 Å². The van der Waals surface area contributed by atoms with Crippen LogP contribution in [0.2, 0.25) is 0 Å². The molecule has 0 saturated carbocycles. The molecule has 5 nitrogen and oxygen atoms in total. The first-order valence-electron chi connectivity index (χ1n) is 6.12. The Kier molecular flexibility index (Phi) is 4.17. The maximum atomic E-state index is 11.9. The minimum Gasteiger partial charge on any atom is -0.390 e. The Hall–Kier alpha value is -1.59. The summed E-state index contributed by atoms with van der Waals surface area (Å²) in [6.07, 6.45) is -0.488. The summed E-state index contributed by atoms with van der Waals surface area (Å²) in [5, 5.41) is 15.6. The molecule has 0 aromatic heterocycles. The van der Waals surface area contributed by atoms with Crippen LogP contribution in [0.15, 0.2) is 30.3 Å². The fourth-order valence-corrected chi connectivity index (χ4v) is 2.10. The average Bonchev–Trinajstić information content (AvgIpc) is 2.82. The number of hydrogen-bond acceptors (Lipinski definition) is 3. The first-order chi connectivity index (χ1) is 8.68. The summed E-state index contributed by atoms with van der Waals surface area (Å²) < 4.78 is 0. The quantitative estimate of drug-likeness (QED) is 0.715. The van der Waals surface area contributed by atoms with E-state index in [1.807, 2.05) is 30.3 Å². The van der Waals surface area contributed by atoms with Crippen molar-refractivity contribution in [1.29, 1.82) is 0 Å². The number of amides is 2. The van der Waals surface area contributed by atoms with Crippen molar-refractivity contribution >= 4 is 6.03 Å². The molecule has 2 rings (SSSR count). The van der Waals surface area contributed by atoms with Crippen LogP contribution in [-0.2, 0) is 6.54 Å². The summed E-state index contributed by atoms with van der Waals surface area (Å²) in [5.74, 6) is 0. The maximum Gasteiger partial charge on any atom is 0.317 e. The third kappa shape index (κ3) is 3.00. The van der Waals surface area contributed by atoms with E-state index in [0.29, 0.717) is 19.6 Å². The minimum atomic E-state index is -0.488. The van der Waals surface area contributed by atoms with Gasteiger partial charge in [0.25, 0.3) is 0 Å². The average molecular weight is 249 g/mol. The minimum absolute atomic E-state index is 0.152. The summed E-state index contributed by atoms with van der Waals surface area (Å²) in [6, 6.07) is 9.44. The highest BCUT2D eigenvalue weighted by atomic mass is 16.3. The van der Waals surface area contributed by atoms with Gasteiger partial charge in [0.15, 0.2) is 0 Å². The van der Waals surface area contributed by atoms with Crippen LogP contribution >= 0.6 is 0 Å². The van der Waals surface area contributed by atoms with E-state index >= 15 is 0 Å². The van der Waals surface area contributed by atoms with E-state index in [2.05, 4.69) is 10.6 Å². The molecule has 0 bridgehead atoms. The predicted molar refractivity (Wildman–Crippen MR) is 69.1 cm³/mol. The molecule has 2 amide bonds. The molecule has 1 saturated heterocycles. The van der Waals surface area contributed by atoms with Gasteiger partial charge in [0, 0.05) is 26.7 Å². The van der Waals surface area contributed by atoms with E-state index in [9.17, 15) is 9.90 Å². The summed E-state index contributed by atoms with van der Waals surface area (Å²) in [7, 11) is 1.71. The Labute approximate surface area is 107 Å². The molecule has 1 aliphatic heterocycles. The number of aliphatic hydroxyl groups is 1. The second kappa shape index (κ2) is 5.84. The SMILES string of the molecule is CN(C(=O)NCc1ccccc1)[C@H]1CNC[C@@H]1O. The number of carbonyl (C=O) groups excluding carboxylic acids is 1. The molecule has 1 aromatic carbocycles. The second-order valence-electron chi connectivity index (χ2n) is 4.55. The Morgan fingerprint density at radius 3 is 2.78 bits per heavy atom. The molecule has 1 heterocycles. The maximum absolute atomic E-state index is 11.9. The lowest BCUT2D eigenvalue weighted by atomic mass is 10.2. The number of aliphatic hydroxyl groups excluding tert-OH is 1. The second-order valence-corrected chi connectivity index (χ2v) is 4.55. The molecule has 3 N–H and O–H groups in total. The predicted octanol–water partition coefficient (Wildman–Crippen LogP) is 0.161. The van der Waals surface area contributed by atoms with Gasteiger partial charge >= 0.3 is 6.03 Å². The van der Waals surface area contributed by atoms with Crippen LogP contribution in [0.1, 0.15) is 5.56 Å². The van der Waals surface area contributed by atoms with Gasteiger partial charge in [0.05, 0.1) is 12.1 Å². The summed E-state index contributed by atoms with van der Waals surface area (Å²) in [4.78, 5) is 13.5. The van der Waals surface area contributed by atoms with E-state index in [1.165, 1.54) is 0 Å². The smallest absolute Gasteiger partial charge is 0.317 e. The lowest BCUT2D eigenvalue weighted by Crippen LogP contribution is -2.48. The molecular formula is C13H19N3O2. The van der Waals surface area contributed by atoms with Gasteiger partial charge in [-0.3, -0.25) is 0 Å². The number of hydrogen-bond donors (Lipinski definition) is 3. The summed E-state index contributed by atoms with van der Waals surface area (Å²) in [6.45, 7) is 1.68. The van der Waals surface area contributed by atoms with Crippen molar-refractivity contribution in [3.8, 4) is 0 Å². The highest BCUT2D eigenvalue weighted by Crippen LogP contribution is 2.07. The van der Waals surface area contributed by atoms with Gasteiger partial charge in [0.1, 0.15) is 0 Å². The molecule has 18 heavy (non-hydrogen) atoms. The van der Waals surface area contributed by atoms with E-state index < -0.39 is 6.10 Å². The van der Waals surface area contributed by atoms with Gasteiger partial charge in [-0.2, -0.15) is 0 Å². The van der Waals surface area contributed by atoms with Crippen molar-refractivity contribution in [2.45, 2.75) is 18.7 Å². The van der Waals surface area contributed by atoms with Crippen molar-refractivity contribution in [3.63, 3.8) is 0 Å². The normalized spacial score (nSPS) is 22.8. The molecule has 98 valence electrons. The van der Waals surface area contributed by atoms with Gasteiger partial charge < -0.3 is 20.6 Å². The molecule has 2 atom stereocenters. The van der Waals surface area contributed by atoms with Crippen LogP contribution < -0.4 is 10.6 Å². The Bertz CT molecular complexity index is 396. The standard InChI is InChI=1S/C13H19N3O2/c1-16(11-8-14-9-12(11)17)13(18)15-7-10-5-3-2-4-6-10/h2-6,11-12,14,17H,7-9H2,1H3,(H,15,18)/t11-,12-/m0/s1. The Balaban J connectivity index is 1.84. The first kappa shape index (κ1) is 12.9. The molecule has 0 radical (unpaired) electrons. The van der Waals surface area contributed by atoms with E-state index in [1.54, 1.807) is 11.9 Å². The zero-order valence-corrected chi connectivity index (χ0v) is 10.5. The number of β-amino-alcohol motifs (C(OH)–C–C–N with tert-alkyl or cyclic N) is 1. The van der Waals surface area contributed by atoms with Gasteiger partial charge in [-0.25, -0.2) is 4.79 Å². The fraction of sp³-hybridized carbons (Fsp3) is 0.462.